The van der Waals surface area contributed by atoms with Gasteiger partial charge in [0, 0.05) is 18.0 Å². The van der Waals surface area contributed by atoms with E-state index in [1.807, 2.05) is 18.2 Å². The van der Waals surface area contributed by atoms with Crippen LogP contribution in [0, 0.1) is 0 Å². The molecule has 0 amide bonds. The minimum Gasteiger partial charge on any atom is -0.342 e. The third kappa shape index (κ3) is 2.59. The Morgan fingerprint density at radius 2 is 2.15 bits per heavy atom. The second-order valence-electron chi connectivity index (χ2n) is 5.27. The van der Waals surface area contributed by atoms with Crippen LogP contribution in [0.3, 0.4) is 0 Å². The standard InChI is InChI=1S/C15H16N4S/c1-2-4-13-12(3-1)18-14(19-13)7-15-17-11(9-20-15)8-16-10-5-6-10/h1-4,9-10,16H,5-8H2,(H,18,19). The summed E-state index contributed by atoms with van der Waals surface area (Å²) in [6.45, 7) is 0.890. The van der Waals surface area contributed by atoms with Crippen LogP contribution in [0.15, 0.2) is 29.6 Å². The van der Waals surface area contributed by atoms with Gasteiger partial charge in [-0.3, -0.25) is 0 Å². The highest BCUT2D eigenvalue weighted by atomic mass is 32.1. The van der Waals surface area contributed by atoms with Gasteiger partial charge >= 0.3 is 0 Å². The summed E-state index contributed by atoms with van der Waals surface area (Å²) in [6.07, 6.45) is 3.41. The Hall–Kier alpha value is -1.72. The second-order valence-corrected chi connectivity index (χ2v) is 6.21. The fourth-order valence-electron chi connectivity index (χ4n) is 2.28. The van der Waals surface area contributed by atoms with Crippen molar-refractivity contribution in [2.24, 2.45) is 0 Å². The molecule has 1 saturated carbocycles. The van der Waals surface area contributed by atoms with Crippen LogP contribution in [0.2, 0.25) is 0 Å². The van der Waals surface area contributed by atoms with E-state index in [0.29, 0.717) is 0 Å². The van der Waals surface area contributed by atoms with Gasteiger partial charge in [-0.2, -0.15) is 0 Å². The number of nitrogens with zero attached hydrogens (tertiary/aromatic N) is 2. The summed E-state index contributed by atoms with van der Waals surface area (Å²) in [7, 11) is 0. The Morgan fingerprint density at radius 1 is 1.25 bits per heavy atom. The SMILES string of the molecule is c1ccc2[nH]c(Cc3nc(CNC4CC4)cs3)nc2c1. The normalized spacial score (nSPS) is 15.0. The Bertz CT molecular complexity index is 693. The highest BCUT2D eigenvalue weighted by Crippen LogP contribution is 2.20. The van der Waals surface area contributed by atoms with Crippen LogP contribution in [0.25, 0.3) is 11.0 Å². The number of fused-ring (bicyclic) bond motifs is 1. The molecule has 0 spiro atoms. The number of thiazole rings is 1. The maximum atomic E-state index is 4.67. The van der Waals surface area contributed by atoms with E-state index in [9.17, 15) is 0 Å². The first-order valence-electron chi connectivity index (χ1n) is 6.97. The fraction of sp³-hybridized carbons (Fsp3) is 0.333. The lowest BCUT2D eigenvalue weighted by molar-refractivity contribution is 0.676. The van der Waals surface area contributed by atoms with Crippen LogP contribution in [0.1, 0.15) is 29.4 Å². The Balaban J connectivity index is 1.47. The molecule has 4 rings (SSSR count). The monoisotopic (exact) mass is 284 g/mol. The zero-order valence-corrected chi connectivity index (χ0v) is 11.9. The lowest BCUT2D eigenvalue weighted by Gasteiger charge is -1.97. The minimum atomic E-state index is 0.732. The van der Waals surface area contributed by atoms with Crippen molar-refractivity contribution in [3.63, 3.8) is 0 Å². The van der Waals surface area contributed by atoms with E-state index < -0.39 is 0 Å². The first-order chi connectivity index (χ1) is 9.87. The van der Waals surface area contributed by atoms with Crippen LogP contribution < -0.4 is 5.32 Å². The fourth-order valence-corrected chi connectivity index (χ4v) is 3.08. The summed E-state index contributed by atoms with van der Waals surface area (Å²) in [5.41, 5.74) is 3.26. The lowest BCUT2D eigenvalue weighted by Crippen LogP contribution is -2.15. The molecule has 0 aliphatic heterocycles. The van der Waals surface area contributed by atoms with E-state index in [1.165, 1.54) is 12.8 Å². The van der Waals surface area contributed by atoms with Crippen LogP contribution in [0.5, 0.6) is 0 Å². The Kier molecular flexibility index (Phi) is 3.01. The molecule has 1 aliphatic rings. The van der Waals surface area contributed by atoms with Crippen molar-refractivity contribution < 1.29 is 0 Å². The summed E-state index contributed by atoms with van der Waals surface area (Å²) in [4.78, 5) is 12.6. The molecular weight excluding hydrogens is 268 g/mol. The maximum absolute atomic E-state index is 4.67. The number of para-hydroxylation sites is 2. The van der Waals surface area contributed by atoms with E-state index in [0.717, 1.165) is 46.6 Å². The molecule has 0 atom stereocenters. The van der Waals surface area contributed by atoms with Gasteiger partial charge in [0.15, 0.2) is 0 Å². The van der Waals surface area contributed by atoms with Gasteiger partial charge in [0.1, 0.15) is 10.8 Å². The summed E-state index contributed by atoms with van der Waals surface area (Å²) in [6, 6.07) is 8.85. The predicted octanol–water partition coefficient (Wildman–Crippen LogP) is 2.86. The van der Waals surface area contributed by atoms with Gasteiger partial charge in [0.2, 0.25) is 0 Å². The van der Waals surface area contributed by atoms with E-state index in [1.54, 1.807) is 11.3 Å². The molecule has 1 aromatic carbocycles. The molecule has 1 fully saturated rings. The summed E-state index contributed by atoms with van der Waals surface area (Å²) in [5.74, 6) is 0.988. The third-order valence-corrected chi connectivity index (χ3v) is 4.40. The quantitative estimate of drug-likeness (QED) is 0.757. The number of aromatic nitrogens is 3. The number of benzene rings is 1. The number of hydrogen-bond donors (Lipinski definition) is 2. The van der Waals surface area contributed by atoms with Gasteiger partial charge < -0.3 is 10.3 Å². The average Bonchev–Trinajstić information content (AvgIpc) is 3.04. The first kappa shape index (κ1) is 12.1. The van der Waals surface area contributed by atoms with Gasteiger partial charge in [0.05, 0.1) is 23.1 Å². The summed E-state index contributed by atoms with van der Waals surface area (Å²) < 4.78 is 0. The molecule has 0 unspecified atom stereocenters. The highest BCUT2D eigenvalue weighted by molar-refractivity contribution is 7.09. The number of rotatable bonds is 5. The summed E-state index contributed by atoms with van der Waals surface area (Å²) >= 11 is 1.72. The van der Waals surface area contributed by atoms with Crippen molar-refractivity contribution >= 4 is 22.4 Å². The average molecular weight is 284 g/mol. The number of imidazole rings is 1. The Morgan fingerprint density at radius 3 is 3.00 bits per heavy atom. The van der Waals surface area contributed by atoms with E-state index in [4.69, 9.17) is 0 Å². The van der Waals surface area contributed by atoms with Crippen molar-refractivity contribution in [2.45, 2.75) is 31.8 Å². The molecule has 0 bridgehead atoms. The van der Waals surface area contributed by atoms with Gasteiger partial charge in [0.25, 0.3) is 0 Å². The van der Waals surface area contributed by atoms with Crippen LogP contribution in [0.4, 0.5) is 0 Å². The molecule has 2 N–H and O–H groups in total. The zero-order chi connectivity index (χ0) is 13.4. The molecule has 20 heavy (non-hydrogen) atoms. The third-order valence-electron chi connectivity index (χ3n) is 3.51. The molecule has 2 aromatic heterocycles. The zero-order valence-electron chi connectivity index (χ0n) is 11.1. The molecule has 1 aliphatic carbocycles. The number of aromatic amines is 1. The van der Waals surface area contributed by atoms with Crippen molar-refractivity contribution in [3.8, 4) is 0 Å². The largest absolute Gasteiger partial charge is 0.342 e. The smallest absolute Gasteiger partial charge is 0.114 e. The van der Waals surface area contributed by atoms with Crippen molar-refractivity contribution in [1.82, 2.24) is 20.3 Å². The maximum Gasteiger partial charge on any atom is 0.114 e. The molecule has 0 radical (unpaired) electrons. The van der Waals surface area contributed by atoms with Gasteiger partial charge in [-0.25, -0.2) is 9.97 Å². The highest BCUT2D eigenvalue weighted by Gasteiger charge is 2.20. The first-order valence-corrected chi connectivity index (χ1v) is 7.85. The molecule has 0 saturated heterocycles. The molecular formula is C15H16N4S. The van der Waals surface area contributed by atoms with E-state index >= 15 is 0 Å². The number of H-pyrrole nitrogens is 1. The Labute approximate surface area is 121 Å². The van der Waals surface area contributed by atoms with Crippen LogP contribution in [-0.2, 0) is 13.0 Å². The topological polar surface area (TPSA) is 53.6 Å². The van der Waals surface area contributed by atoms with Crippen LogP contribution in [-0.4, -0.2) is 21.0 Å². The minimum absolute atomic E-state index is 0.732. The molecule has 102 valence electrons. The number of nitrogens with one attached hydrogen (secondary N) is 2. The van der Waals surface area contributed by atoms with Crippen LogP contribution >= 0.6 is 11.3 Å². The van der Waals surface area contributed by atoms with Crippen molar-refractivity contribution in [3.05, 3.63) is 46.2 Å². The van der Waals surface area contributed by atoms with Gasteiger partial charge in [-0.15, -0.1) is 11.3 Å². The second kappa shape index (κ2) is 5.00. The molecule has 5 heteroatoms. The van der Waals surface area contributed by atoms with Gasteiger partial charge in [-0.05, 0) is 25.0 Å². The molecule has 4 nitrogen and oxygen atoms in total. The van der Waals surface area contributed by atoms with Crippen molar-refractivity contribution in [1.29, 1.82) is 0 Å². The van der Waals surface area contributed by atoms with Gasteiger partial charge in [-0.1, -0.05) is 12.1 Å². The van der Waals surface area contributed by atoms with Crippen molar-refractivity contribution in [2.75, 3.05) is 0 Å². The number of hydrogen-bond acceptors (Lipinski definition) is 4. The lowest BCUT2D eigenvalue weighted by atomic mass is 10.3. The van der Waals surface area contributed by atoms with E-state index in [-0.39, 0.29) is 0 Å². The van der Waals surface area contributed by atoms with E-state index in [2.05, 4.69) is 31.7 Å². The molecule has 3 aromatic rings. The molecule has 2 heterocycles. The summed E-state index contributed by atoms with van der Waals surface area (Å²) in [5, 5.41) is 6.76. The predicted molar refractivity (Wildman–Crippen MR) is 80.9 cm³/mol.